The standard InChI is InChI=1S/C13H12N2OS2/c1-7(2)11-14-12(16)10-8(6-18-13(10)15-11)9-4-3-5-17-9/h3-7H,1-2H3,(H,14,15,16). The quantitative estimate of drug-likeness (QED) is 0.773. The lowest BCUT2D eigenvalue weighted by atomic mass is 10.2. The van der Waals surface area contributed by atoms with Crippen molar-refractivity contribution >= 4 is 32.9 Å². The van der Waals surface area contributed by atoms with Crippen LogP contribution in [0.1, 0.15) is 25.6 Å². The van der Waals surface area contributed by atoms with Gasteiger partial charge in [0, 0.05) is 21.7 Å². The molecule has 1 N–H and O–H groups in total. The molecule has 0 saturated heterocycles. The van der Waals surface area contributed by atoms with E-state index in [0.717, 1.165) is 21.1 Å². The summed E-state index contributed by atoms with van der Waals surface area (Å²) in [5.41, 5.74) is 0.961. The minimum Gasteiger partial charge on any atom is -0.310 e. The first-order chi connectivity index (χ1) is 8.66. The zero-order valence-corrected chi connectivity index (χ0v) is 11.7. The molecule has 0 saturated carbocycles. The van der Waals surface area contributed by atoms with Crippen molar-refractivity contribution in [1.29, 1.82) is 0 Å². The first-order valence-corrected chi connectivity index (χ1v) is 7.48. The minimum absolute atomic E-state index is 0.0339. The molecule has 0 aliphatic heterocycles. The maximum absolute atomic E-state index is 12.2. The highest BCUT2D eigenvalue weighted by molar-refractivity contribution is 7.18. The van der Waals surface area contributed by atoms with Crippen molar-refractivity contribution in [3.8, 4) is 10.4 Å². The Morgan fingerprint density at radius 3 is 2.83 bits per heavy atom. The summed E-state index contributed by atoms with van der Waals surface area (Å²) in [6.07, 6.45) is 0. The Kier molecular flexibility index (Phi) is 2.80. The van der Waals surface area contributed by atoms with Crippen molar-refractivity contribution < 1.29 is 0 Å². The average Bonchev–Trinajstić information content (AvgIpc) is 2.96. The maximum Gasteiger partial charge on any atom is 0.260 e. The van der Waals surface area contributed by atoms with Gasteiger partial charge in [0.1, 0.15) is 10.7 Å². The van der Waals surface area contributed by atoms with Crippen molar-refractivity contribution in [2.45, 2.75) is 19.8 Å². The van der Waals surface area contributed by atoms with Gasteiger partial charge in [-0.3, -0.25) is 4.79 Å². The van der Waals surface area contributed by atoms with E-state index in [-0.39, 0.29) is 11.5 Å². The molecule has 0 aliphatic rings. The van der Waals surface area contributed by atoms with Gasteiger partial charge in [0.05, 0.1) is 5.39 Å². The van der Waals surface area contributed by atoms with E-state index >= 15 is 0 Å². The van der Waals surface area contributed by atoms with Gasteiger partial charge in [-0.25, -0.2) is 4.98 Å². The molecular formula is C13H12N2OS2. The second-order valence-electron chi connectivity index (χ2n) is 4.41. The molecular weight excluding hydrogens is 264 g/mol. The number of nitrogens with one attached hydrogen (secondary N) is 1. The van der Waals surface area contributed by atoms with E-state index in [0.29, 0.717) is 5.39 Å². The molecule has 0 fully saturated rings. The van der Waals surface area contributed by atoms with Gasteiger partial charge in [-0.1, -0.05) is 19.9 Å². The van der Waals surface area contributed by atoms with Crippen molar-refractivity contribution in [3.63, 3.8) is 0 Å². The van der Waals surface area contributed by atoms with Crippen LogP contribution in [0.2, 0.25) is 0 Å². The monoisotopic (exact) mass is 276 g/mol. The van der Waals surface area contributed by atoms with Crippen LogP contribution in [0, 0.1) is 0 Å². The van der Waals surface area contributed by atoms with Crippen LogP contribution in [-0.4, -0.2) is 9.97 Å². The molecule has 0 aromatic carbocycles. The summed E-state index contributed by atoms with van der Waals surface area (Å²) in [6.45, 7) is 4.05. The second-order valence-corrected chi connectivity index (χ2v) is 6.22. The number of rotatable bonds is 2. The lowest BCUT2D eigenvalue weighted by Gasteiger charge is -2.03. The Hall–Kier alpha value is -1.46. The molecule has 0 amide bonds. The van der Waals surface area contributed by atoms with Gasteiger partial charge in [0.2, 0.25) is 0 Å². The van der Waals surface area contributed by atoms with Crippen molar-refractivity contribution in [1.82, 2.24) is 9.97 Å². The van der Waals surface area contributed by atoms with Crippen LogP contribution < -0.4 is 5.56 Å². The third kappa shape index (κ3) is 1.79. The molecule has 0 spiro atoms. The minimum atomic E-state index is -0.0339. The van der Waals surface area contributed by atoms with Crippen LogP contribution in [0.3, 0.4) is 0 Å². The summed E-state index contributed by atoms with van der Waals surface area (Å²) in [6, 6.07) is 4.02. The number of hydrogen-bond acceptors (Lipinski definition) is 4. The number of fused-ring (bicyclic) bond motifs is 1. The van der Waals surface area contributed by atoms with Crippen molar-refractivity contribution in [2.75, 3.05) is 0 Å². The molecule has 0 aliphatic carbocycles. The summed E-state index contributed by atoms with van der Waals surface area (Å²) in [7, 11) is 0. The first kappa shape index (κ1) is 11.6. The largest absolute Gasteiger partial charge is 0.310 e. The Labute approximate surface area is 112 Å². The zero-order valence-electron chi connectivity index (χ0n) is 10.1. The Morgan fingerprint density at radius 2 is 2.17 bits per heavy atom. The Morgan fingerprint density at radius 1 is 1.33 bits per heavy atom. The summed E-state index contributed by atoms with van der Waals surface area (Å²) in [5, 5.41) is 4.75. The predicted molar refractivity (Wildman–Crippen MR) is 77.6 cm³/mol. The smallest absolute Gasteiger partial charge is 0.260 e. The number of nitrogens with zero attached hydrogens (tertiary/aromatic N) is 1. The van der Waals surface area contributed by atoms with E-state index in [1.807, 2.05) is 36.7 Å². The van der Waals surface area contributed by atoms with Gasteiger partial charge in [0.15, 0.2) is 0 Å². The van der Waals surface area contributed by atoms with Crippen LogP contribution in [0.5, 0.6) is 0 Å². The number of thiophene rings is 2. The molecule has 3 rings (SSSR count). The number of aromatic nitrogens is 2. The van der Waals surface area contributed by atoms with Crippen LogP contribution in [0.4, 0.5) is 0 Å². The van der Waals surface area contributed by atoms with E-state index < -0.39 is 0 Å². The molecule has 0 unspecified atom stereocenters. The Bertz CT molecular complexity index is 738. The lowest BCUT2D eigenvalue weighted by Crippen LogP contribution is -2.12. The highest BCUT2D eigenvalue weighted by atomic mass is 32.1. The van der Waals surface area contributed by atoms with E-state index in [1.165, 1.54) is 11.3 Å². The second kappa shape index (κ2) is 4.33. The van der Waals surface area contributed by atoms with Crippen molar-refractivity contribution in [2.24, 2.45) is 0 Å². The summed E-state index contributed by atoms with van der Waals surface area (Å²) in [5.74, 6) is 0.987. The van der Waals surface area contributed by atoms with Gasteiger partial charge >= 0.3 is 0 Å². The van der Waals surface area contributed by atoms with Crippen molar-refractivity contribution in [3.05, 3.63) is 39.1 Å². The average molecular weight is 276 g/mol. The molecule has 5 heteroatoms. The molecule has 0 bridgehead atoms. The van der Waals surface area contributed by atoms with Gasteiger partial charge < -0.3 is 4.98 Å². The number of H-pyrrole nitrogens is 1. The molecule has 0 atom stereocenters. The van der Waals surface area contributed by atoms with Gasteiger partial charge in [-0.05, 0) is 11.4 Å². The predicted octanol–water partition coefficient (Wildman–Crippen LogP) is 3.84. The van der Waals surface area contributed by atoms with E-state index in [9.17, 15) is 4.79 Å². The van der Waals surface area contributed by atoms with Gasteiger partial charge in [0.25, 0.3) is 5.56 Å². The zero-order chi connectivity index (χ0) is 12.7. The lowest BCUT2D eigenvalue weighted by molar-refractivity contribution is 0.778. The van der Waals surface area contributed by atoms with Gasteiger partial charge in [-0.15, -0.1) is 22.7 Å². The van der Waals surface area contributed by atoms with E-state index in [4.69, 9.17) is 0 Å². The molecule has 3 heterocycles. The number of hydrogen-bond donors (Lipinski definition) is 1. The fourth-order valence-corrected chi connectivity index (χ4v) is 3.62. The van der Waals surface area contributed by atoms with Crippen LogP contribution >= 0.6 is 22.7 Å². The molecule has 3 nitrogen and oxygen atoms in total. The summed E-state index contributed by atoms with van der Waals surface area (Å²) >= 11 is 3.17. The van der Waals surface area contributed by atoms with E-state index in [2.05, 4.69) is 9.97 Å². The topological polar surface area (TPSA) is 45.8 Å². The third-order valence-electron chi connectivity index (χ3n) is 2.80. The Balaban J connectivity index is 2.30. The van der Waals surface area contributed by atoms with Crippen LogP contribution in [0.15, 0.2) is 27.7 Å². The number of aromatic amines is 1. The normalized spacial score (nSPS) is 11.5. The molecule has 92 valence electrons. The maximum atomic E-state index is 12.2. The van der Waals surface area contributed by atoms with Crippen LogP contribution in [-0.2, 0) is 0 Å². The summed E-state index contributed by atoms with van der Waals surface area (Å²) in [4.78, 5) is 21.6. The SMILES string of the molecule is CC(C)c1nc2scc(-c3cccs3)c2c(=O)[nH]1. The van der Waals surface area contributed by atoms with Gasteiger partial charge in [-0.2, -0.15) is 0 Å². The fraction of sp³-hybridized carbons (Fsp3) is 0.231. The molecule has 3 aromatic rings. The highest BCUT2D eigenvalue weighted by Crippen LogP contribution is 2.33. The van der Waals surface area contributed by atoms with Crippen LogP contribution in [0.25, 0.3) is 20.7 Å². The molecule has 18 heavy (non-hydrogen) atoms. The first-order valence-electron chi connectivity index (χ1n) is 5.72. The molecule has 0 radical (unpaired) electrons. The molecule has 3 aromatic heterocycles. The van der Waals surface area contributed by atoms with E-state index in [1.54, 1.807) is 11.3 Å². The highest BCUT2D eigenvalue weighted by Gasteiger charge is 2.14. The third-order valence-corrected chi connectivity index (χ3v) is 4.57. The summed E-state index contributed by atoms with van der Waals surface area (Å²) < 4.78 is 0. The fourth-order valence-electron chi connectivity index (χ4n) is 1.85.